The molecule has 1 N–H and O–H groups in total. The van der Waals surface area contributed by atoms with Crippen molar-refractivity contribution in [2.75, 3.05) is 13.2 Å². The maximum Gasteiger partial charge on any atom is 0.0672 e. The minimum atomic E-state index is -0.369. The second-order valence-corrected chi connectivity index (χ2v) is 4.67. The molecule has 0 amide bonds. The van der Waals surface area contributed by atoms with Crippen molar-refractivity contribution in [3.8, 4) is 0 Å². The molecular weight excluding hydrogens is 212 g/mol. The monoisotopic (exact) mass is 232 g/mol. The molecule has 1 saturated heterocycles. The van der Waals surface area contributed by atoms with E-state index in [4.69, 9.17) is 4.74 Å². The molecular formula is C15H20O2. The minimum Gasteiger partial charge on any atom is -0.392 e. The molecule has 1 aliphatic rings. The summed E-state index contributed by atoms with van der Waals surface area (Å²) >= 11 is 0. The summed E-state index contributed by atoms with van der Waals surface area (Å²) in [5, 5.41) is 10.5. The highest BCUT2D eigenvalue weighted by molar-refractivity contribution is 5.28. The summed E-state index contributed by atoms with van der Waals surface area (Å²) < 4.78 is 5.44. The van der Waals surface area contributed by atoms with Gasteiger partial charge in [0.15, 0.2) is 0 Å². The molecule has 1 aromatic carbocycles. The summed E-state index contributed by atoms with van der Waals surface area (Å²) in [6, 6.07) is 10.3. The fourth-order valence-electron chi connectivity index (χ4n) is 2.70. The van der Waals surface area contributed by atoms with E-state index in [-0.39, 0.29) is 11.5 Å². The molecule has 2 heteroatoms. The quantitative estimate of drug-likeness (QED) is 0.809. The first kappa shape index (κ1) is 12.3. The van der Waals surface area contributed by atoms with Crippen LogP contribution in [0.25, 0.3) is 0 Å². The van der Waals surface area contributed by atoms with Crippen molar-refractivity contribution >= 4 is 0 Å². The fourth-order valence-corrected chi connectivity index (χ4v) is 2.70. The highest BCUT2D eigenvalue weighted by Crippen LogP contribution is 2.39. The Kier molecular flexibility index (Phi) is 3.97. The van der Waals surface area contributed by atoms with E-state index in [0.717, 1.165) is 26.1 Å². The fraction of sp³-hybridized carbons (Fsp3) is 0.467. The van der Waals surface area contributed by atoms with Gasteiger partial charge in [0, 0.05) is 18.6 Å². The van der Waals surface area contributed by atoms with Crippen molar-refractivity contribution in [3.63, 3.8) is 0 Å². The minimum absolute atomic E-state index is 0.159. The predicted octanol–water partition coefficient (Wildman–Crippen LogP) is 2.67. The summed E-state index contributed by atoms with van der Waals surface area (Å²) in [4.78, 5) is 0. The molecule has 0 bridgehead atoms. The number of hydrogen-bond donors (Lipinski definition) is 1. The van der Waals surface area contributed by atoms with Gasteiger partial charge in [0.25, 0.3) is 0 Å². The lowest BCUT2D eigenvalue weighted by atomic mass is 9.69. The van der Waals surface area contributed by atoms with Crippen LogP contribution in [0.1, 0.15) is 24.8 Å². The average Bonchev–Trinajstić information content (AvgIpc) is 2.41. The molecule has 0 aromatic heterocycles. The Morgan fingerprint density at radius 2 is 1.94 bits per heavy atom. The van der Waals surface area contributed by atoms with Crippen molar-refractivity contribution in [3.05, 3.63) is 48.6 Å². The first-order valence-electron chi connectivity index (χ1n) is 6.22. The van der Waals surface area contributed by atoms with Crippen LogP contribution in [-0.4, -0.2) is 24.4 Å². The van der Waals surface area contributed by atoms with E-state index < -0.39 is 0 Å². The van der Waals surface area contributed by atoms with Crippen LogP contribution < -0.4 is 0 Å². The Labute approximate surface area is 103 Å². The normalized spacial score (nSPS) is 20.8. The molecule has 1 atom stereocenters. The third-order valence-corrected chi connectivity index (χ3v) is 3.76. The van der Waals surface area contributed by atoms with E-state index in [1.807, 2.05) is 18.2 Å². The van der Waals surface area contributed by atoms with E-state index >= 15 is 0 Å². The highest BCUT2D eigenvalue weighted by Gasteiger charge is 2.40. The molecule has 0 saturated carbocycles. The first-order chi connectivity index (χ1) is 8.29. The lowest BCUT2D eigenvalue weighted by Crippen LogP contribution is -2.44. The summed E-state index contributed by atoms with van der Waals surface area (Å²) in [6.07, 6.45) is 3.82. The van der Waals surface area contributed by atoms with E-state index in [0.29, 0.717) is 6.42 Å². The zero-order valence-corrected chi connectivity index (χ0v) is 10.1. The molecule has 1 aliphatic heterocycles. The van der Waals surface area contributed by atoms with Gasteiger partial charge in [0.05, 0.1) is 6.10 Å². The van der Waals surface area contributed by atoms with Gasteiger partial charge in [-0.3, -0.25) is 0 Å². The third-order valence-electron chi connectivity index (χ3n) is 3.76. The summed E-state index contributed by atoms with van der Waals surface area (Å²) in [6.45, 7) is 5.18. The first-order valence-corrected chi connectivity index (χ1v) is 6.22. The van der Waals surface area contributed by atoms with Crippen LogP contribution in [0.5, 0.6) is 0 Å². The van der Waals surface area contributed by atoms with E-state index in [1.54, 1.807) is 6.08 Å². The van der Waals surface area contributed by atoms with Crippen molar-refractivity contribution < 1.29 is 9.84 Å². The summed E-state index contributed by atoms with van der Waals surface area (Å²) in [5.41, 5.74) is 1.06. The Morgan fingerprint density at radius 1 is 1.29 bits per heavy atom. The second kappa shape index (κ2) is 5.48. The average molecular weight is 232 g/mol. The Bertz CT molecular complexity index is 352. The molecule has 0 spiro atoms. The van der Waals surface area contributed by atoms with Gasteiger partial charge < -0.3 is 9.84 Å². The van der Waals surface area contributed by atoms with Crippen molar-refractivity contribution in [1.82, 2.24) is 0 Å². The van der Waals surface area contributed by atoms with Gasteiger partial charge in [-0.1, -0.05) is 36.4 Å². The summed E-state index contributed by atoms with van der Waals surface area (Å²) in [7, 11) is 0. The zero-order valence-electron chi connectivity index (χ0n) is 10.1. The number of aliphatic hydroxyl groups excluding tert-OH is 1. The Hall–Kier alpha value is -1.12. The highest BCUT2D eigenvalue weighted by atomic mass is 16.5. The van der Waals surface area contributed by atoms with Crippen molar-refractivity contribution in [2.24, 2.45) is 0 Å². The van der Waals surface area contributed by atoms with Gasteiger partial charge >= 0.3 is 0 Å². The molecule has 92 valence electrons. The number of ether oxygens (including phenoxy) is 1. The topological polar surface area (TPSA) is 29.5 Å². The zero-order chi connectivity index (χ0) is 12.1. The van der Waals surface area contributed by atoms with Crippen LogP contribution in [0.15, 0.2) is 43.0 Å². The van der Waals surface area contributed by atoms with Gasteiger partial charge in [-0.05, 0) is 24.8 Å². The lowest BCUT2D eigenvalue weighted by molar-refractivity contribution is -0.0144. The molecule has 1 heterocycles. The van der Waals surface area contributed by atoms with Crippen molar-refractivity contribution in [1.29, 1.82) is 0 Å². The Balaban J connectivity index is 2.32. The van der Waals surface area contributed by atoms with Gasteiger partial charge in [-0.15, -0.1) is 6.58 Å². The van der Waals surface area contributed by atoms with Gasteiger partial charge in [-0.2, -0.15) is 0 Å². The molecule has 1 fully saturated rings. The van der Waals surface area contributed by atoms with Crippen LogP contribution >= 0.6 is 0 Å². The maximum absolute atomic E-state index is 10.5. The van der Waals surface area contributed by atoms with Crippen LogP contribution in [0, 0.1) is 0 Å². The molecule has 0 aliphatic carbocycles. The third kappa shape index (κ3) is 2.43. The number of aliphatic hydroxyl groups is 1. The maximum atomic E-state index is 10.5. The van der Waals surface area contributed by atoms with Gasteiger partial charge in [0.2, 0.25) is 0 Å². The lowest BCUT2D eigenvalue weighted by Gasteiger charge is -2.41. The number of hydrogen-bond acceptors (Lipinski definition) is 2. The molecule has 2 rings (SSSR count). The molecule has 0 radical (unpaired) electrons. The standard InChI is InChI=1S/C15H20O2/c1-2-6-14(16)15(9-11-17-12-10-15)13-7-4-3-5-8-13/h2-5,7-8,14,16H,1,6,9-12H2. The number of rotatable bonds is 4. The van der Waals surface area contributed by atoms with Gasteiger partial charge in [-0.25, -0.2) is 0 Å². The Morgan fingerprint density at radius 3 is 2.53 bits per heavy atom. The molecule has 17 heavy (non-hydrogen) atoms. The molecule has 1 aromatic rings. The number of benzene rings is 1. The second-order valence-electron chi connectivity index (χ2n) is 4.67. The predicted molar refractivity (Wildman–Crippen MR) is 69.0 cm³/mol. The summed E-state index contributed by atoms with van der Waals surface area (Å²) in [5.74, 6) is 0. The largest absolute Gasteiger partial charge is 0.392 e. The molecule has 2 nitrogen and oxygen atoms in total. The van der Waals surface area contributed by atoms with E-state index in [9.17, 15) is 5.11 Å². The SMILES string of the molecule is C=CCC(O)C1(c2ccccc2)CCOCC1. The van der Waals surface area contributed by atoms with Crippen LogP contribution in [0.3, 0.4) is 0 Å². The van der Waals surface area contributed by atoms with Crippen molar-refractivity contribution in [2.45, 2.75) is 30.8 Å². The van der Waals surface area contributed by atoms with Crippen LogP contribution in [-0.2, 0) is 10.2 Å². The van der Waals surface area contributed by atoms with E-state index in [1.165, 1.54) is 5.56 Å². The van der Waals surface area contributed by atoms with Gasteiger partial charge in [0.1, 0.15) is 0 Å². The molecule has 1 unspecified atom stereocenters. The van der Waals surface area contributed by atoms with Crippen LogP contribution in [0.4, 0.5) is 0 Å². The smallest absolute Gasteiger partial charge is 0.0672 e. The van der Waals surface area contributed by atoms with E-state index in [2.05, 4.69) is 18.7 Å². The van der Waals surface area contributed by atoms with Crippen LogP contribution in [0.2, 0.25) is 0 Å².